The van der Waals surface area contributed by atoms with Gasteiger partial charge in [-0.2, -0.15) is 0 Å². The fraction of sp³-hybridized carbons (Fsp3) is 0.0435. The molecular weight excluding hydrogens is 434 g/mol. The van der Waals surface area contributed by atoms with E-state index in [9.17, 15) is 14.7 Å². The molecule has 0 aliphatic rings. The molecule has 29 heavy (non-hydrogen) atoms. The standard InChI is InChI=1S/C23H18BrNO4/c24-19-10-4-7-17(12-19)15-29-20-11-5-6-16(13-20)14-21(23(27)28)25-22(26)18-8-2-1-3-9-18/h1-14H,15H2,(H,25,26)(H,27,28)/b21-14+. The Kier molecular flexibility index (Phi) is 6.81. The average Bonchev–Trinajstić information content (AvgIpc) is 2.72. The Morgan fingerprint density at radius 3 is 2.45 bits per heavy atom. The largest absolute Gasteiger partial charge is 0.489 e. The molecule has 0 atom stereocenters. The average molecular weight is 452 g/mol. The van der Waals surface area contributed by atoms with Gasteiger partial charge in [0.2, 0.25) is 0 Å². The highest BCUT2D eigenvalue weighted by Gasteiger charge is 2.13. The fourth-order valence-corrected chi connectivity index (χ4v) is 3.04. The molecule has 0 spiro atoms. The Balaban J connectivity index is 1.73. The zero-order valence-electron chi connectivity index (χ0n) is 15.3. The van der Waals surface area contributed by atoms with Crippen molar-refractivity contribution in [2.75, 3.05) is 0 Å². The predicted molar refractivity (Wildman–Crippen MR) is 114 cm³/mol. The van der Waals surface area contributed by atoms with Crippen LogP contribution < -0.4 is 10.1 Å². The zero-order chi connectivity index (χ0) is 20.6. The van der Waals surface area contributed by atoms with Gasteiger partial charge in [-0.1, -0.05) is 58.4 Å². The van der Waals surface area contributed by atoms with Gasteiger partial charge in [-0.3, -0.25) is 4.79 Å². The van der Waals surface area contributed by atoms with Crippen molar-refractivity contribution in [2.45, 2.75) is 6.61 Å². The summed E-state index contributed by atoms with van der Waals surface area (Å²) in [6.45, 7) is 0.378. The summed E-state index contributed by atoms with van der Waals surface area (Å²) in [7, 11) is 0. The summed E-state index contributed by atoms with van der Waals surface area (Å²) in [6.07, 6.45) is 1.40. The smallest absolute Gasteiger partial charge is 0.352 e. The van der Waals surface area contributed by atoms with Gasteiger partial charge in [0.25, 0.3) is 5.91 Å². The van der Waals surface area contributed by atoms with Crippen molar-refractivity contribution >= 4 is 33.9 Å². The molecule has 0 saturated heterocycles. The Labute approximate surface area is 176 Å². The van der Waals surface area contributed by atoms with Gasteiger partial charge in [0.05, 0.1) is 0 Å². The van der Waals surface area contributed by atoms with E-state index in [1.807, 2.05) is 24.3 Å². The molecule has 0 aromatic heterocycles. The van der Waals surface area contributed by atoms with Crippen LogP contribution in [0, 0.1) is 0 Å². The van der Waals surface area contributed by atoms with Gasteiger partial charge in [-0.05, 0) is 53.6 Å². The van der Waals surface area contributed by atoms with Crippen molar-refractivity contribution < 1.29 is 19.4 Å². The number of aliphatic carboxylic acids is 1. The van der Waals surface area contributed by atoms with E-state index in [2.05, 4.69) is 21.2 Å². The predicted octanol–water partition coefficient (Wildman–Crippen LogP) is 4.88. The first-order chi connectivity index (χ1) is 14.0. The van der Waals surface area contributed by atoms with E-state index in [0.717, 1.165) is 10.0 Å². The quantitative estimate of drug-likeness (QED) is 0.501. The lowest BCUT2D eigenvalue weighted by atomic mass is 10.1. The highest BCUT2D eigenvalue weighted by atomic mass is 79.9. The molecule has 1 amide bonds. The minimum absolute atomic E-state index is 0.219. The van der Waals surface area contributed by atoms with E-state index >= 15 is 0 Å². The van der Waals surface area contributed by atoms with E-state index < -0.39 is 11.9 Å². The summed E-state index contributed by atoms with van der Waals surface area (Å²) >= 11 is 3.42. The SMILES string of the molecule is O=C(O)/C(=C\c1cccc(OCc2cccc(Br)c2)c1)NC(=O)c1ccccc1. The number of ether oxygens (including phenoxy) is 1. The lowest BCUT2D eigenvalue weighted by Gasteiger charge is -2.09. The van der Waals surface area contributed by atoms with Crippen molar-refractivity contribution in [3.8, 4) is 5.75 Å². The number of benzene rings is 3. The molecule has 0 bridgehead atoms. The molecule has 3 aromatic carbocycles. The summed E-state index contributed by atoms with van der Waals surface area (Å²) in [5.41, 5.74) is 1.76. The molecule has 0 aliphatic carbocycles. The van der Waals surface area contributed by atoms with Gasteiger partial charge in [0, 0.05) is 10.0 Å². The summed E-state index contributed by atoms with van der Waals surface area (Å²) in [4.78, 5) is 23.8. The number of amides is 1. The Hall–Kier alpha value is -3.38. The molecule has 6 heteroatoms. The number of carbonyl (C=O) groups is 2. The van der Waals surface area contributed by atoms with Crippen LogP contribution in [0.2, 0.25) is 0 Å². The Morgan fingerprint density at radius 2 is 1.72 bits per heavy atom. The molecular formula is C23H18BrNO4. The van der Waals surface area contributed by atoms with E-state index in [1.165, 1.54) is 6.08 Å². The van der Waals surface area contributed by atoms with Crippen LogP contribution in [0.3, 0.4) is 0 Å². The Morgan fingerprint density at radius 1 is 0.966 bits per heavy atom. The number of carbonyl (C=O) groups excluding carboxylic acids is 1. The third-order valence-corrected chi connectivity index (χ3v) is 4.47. The lowest BCUT2D eigenvalue weighted by molar-refractivity contribution is -0.132. The van der Waals surface area contributed by atoms with Crippen LogP contribution in [-0.4, -0.2) is 17.0 Å². The molecule has 0 fully saturated rings. The highest BCUT2D eigenvalue weighted by molar-refractivity contribution is 9.10. The normalized spacial score (nSPS) is 11.0. The highest BCUT2D eigenvalue weighted by Crippen LogP contribution is 2.18. The number of carboxylic acid groups (broad SMARTS) is 1. The van der Waals surface area contributed by atoms with Crippen LogP contribution in [0.4, 0.5) is 0 Å². The third-order valence-electron chi connectivity index (χ3n) is 3.98. The number of nitrogens with one attached hydrogen (secondary N) is 1. The summed E-state index contributed by atoms with van der Waals surface area (Å²) in [5, 5.41) is 11.9. The van der Waals surface area contributed by atoms with Crippen molar-refractivity contribution in [2.24, 2.45) is 0 Å². The lowest BCUT2D eigenvalue weighted by Crippen LogP contribution is -2.27. The monoisotopic (exact) mass is 451 g/mol. The molecule has 0 radical (unpaired) electrons. The van der Waals surface area contributed by atoms with Crippen molar-refractivity contribution in [3.63, 3.8) is 0 Å². The molecule has 5 nitrogen and oxygen atoms in total. The van der Waals surface area contributed by atoms with Crippen LogP contribution in [0.5, 0.6) is 5.75 Å². The number of halogens is 1. The third kappa shape index (κ3) is 6.05. The van der Waals surface area contributed by atoms with Gasteiger partial charge in [-0.15, -0.1) is 0 Å². The Bertz CT molecular complexity index is 1050. The first-order valence-corrected chi connectivity index (χ1v) is 9.59. The van der Waals surface area contributed by atoms with Gasteiger partial charge in [0.1, 0.15) is 18.1 Å². The minimum Gasteiger partial charge on any atom is -0.489 e. The van der Waals surface area contributed by atoms with Crippen molar-refractivity contribution in [1.82, 2.24) is 5.32 Å². The number of rotatable bonds is 7. The van der Waals surface area contributed by atoms with E-state index in [-0.39, 0.29) is 5.70 Å². The minimum atomic E-state index is -1.23. The summed E-state index contributed by atoms with van der Waals surface area (Å²) in [6, 6.07) is 23.2. The van der Waals surface area contributed by atoms with Crippen molar-refractivity contribution in [3.05, 3.63) is 106 Å². The maximum absolute atomic E-state index is 12.3. The van der Waals surface area contributed by atoms with E-state index in [4.69, 9.17) is 4.74 Å². The molecule has 0 heterocycles. The second kappa shape index (κ2) is 9.71. The van der Waals surface area contributed by atoms with Gasteiger partial charge >= 0.3 is 5.97 Å². The van der Waals surface area contributed by atoms with Gasteiger partial charge in [-0.25, -0.2) is 4.79 Å². The number of hydrogen-bond acceptors (Lipinski definition) is 3. The maximum atomic E-state index is 12.3. The van der Waals surface area contributed by atoms with Crippen LogP contribution in [0.1, 0.15) is 21.5 Å². The maximum Gasteiger partial charge on any atom is 0.352 e. The van der Waals surface area contributed by atoms with Gasteiger partial charge in [0.15, 0.2) is 0 Å². The number of carboxylic acids is 1. The van der Waals surface area contributed by atoms with Crippen LogP contribution in [-0.2, 0) is 11.4 Å². The molecule has 0 unspecified atom stereocenters. The molecule has 146 valence electrons. The first kappa shape index (κ1) is 20.4. The number of hydrogen-bond donors (Lipinski definition) is 2. The van der Waals surface area contributed by atoms with E-state index in [0.29, 0.717) is 23.5 Å². The summed E-state index contributed by atoms with van der Waals surface area (Å²) < 4.78 is 6.76. The topological polar surface area (TPSA) is 75.6 Å². The molecule has 0 saturated carbocycles. The zero-order valence-corrected chi connectivity index (χ0v) is 16.9. The second-order valence-electron chi connectivity index (χ2n) is 6.17. The molecule has 3 aromatic rings. The van der Waals surface area contributed by atoms with Crippen LogP contribution in [0.15, 0.2) is 89.0 Å². The van der Waals surface area contributed by atoms with Crippen LogP contribution >= 0.6 is 15.9 Å². The van der Waals surface area contributed by atoms with Crippen molar-refractivity contribution in [1.29, 1.82) is 0 Å². The summed E-state index contributed by atoms with van der Waals surface area (Å²) in [5.74, 6) is -1.12. The second-order valence-corrected chi connectivity index (χ2v) is 7.09. The molecule has 0 aliphatic heterocycles. The van der Waals surface area contributed by atoms with Gasteiger partial charge < -0.3 is 15.2 Å². The fourth-order valence-electron chi connectivity index (χ4n) is 2.59. The first-order valence-electron chi connectivity index (χ1n) is 8.80. The van der Waals surface area contributed by atoms with Crippen LogP contribution in [0.25, 0.3) is 6.08 Å². The molecule has 3 rings (SSSR count). The molecule has 2 N–H and O–H groups in total. The van der Waals surface area contributed by atoms with E-state index in [1.54, 1.807) is 54.6 Å².